The molecule has 2 N–H and O–H groups in total. The van der Waals surface area contributed by atoms with E-state index in [1.807, 2.05) is 6.92 Å². The number of carbonyl (C=O) groups is 4. The van der Waals surface area contributed by atoms with E-state index in [4.69, 9.17) is 18.9 Å². The van der Waals surface area contributed by atoms with Gasteiger partial charge in [0.1, 0.15) is 24.9 Å². The van der Waals surface area contributed by atoms with Crippen LogP contribution in [-0.2, 0) is 38.1 Å². The number of ether oxygens (including phenoxy) is 4. The molecule has 1 saturated carbocycles. The normalized spacial score (nSPS) is 31.5. The van der Waals surface area contributed by atoms with Gasteiger partial charge in [-0.2, -0.15) is 0 Å². The zero-order chi connectivity index (χ0) is 27.5. The van der Waals surface area contributed by atoms with E-state index >= 15 is 0 Å². The van der Waals surface area contributed by atoms with Crippen molar-refractivity contribution in [3.05, 3.63) is 47.1 Å². The van der Waals surface area contributed by atoms with Gasteiger partial charge in [0.2, 0.25) is 0 Å². The second-order valence-corrected chi connectivity index (χ2v) is 9.73. The first-order chi connectivity index (χ1) is 17.4. The van der Waals surface area contributed by atoms with Crippen LogP contribution in [0.3, 0.4) is 0 Å². The lowest BCUT2D eigenvalue weighted by molar-refractivity contribution is -0.173. The van der Waals surface area contributed by atoms with Gasteiger partial charge >= 0.3 is 23.9 Å². The molecule has 1 spiro atoms. The van der Waals surface area contributed by atoms with Gasteiger partial charge in [-0.25, -0.2) is 14.4 Å². The molecule has 6 atom stereocenters. The maximum Gasteiger partial charge on any atom is 0.337 e. The third-order valence-electron chi connectivity index (χ3n) is 7.35. The molecule has 10 heteroatoms. The van der Waals surface area contributed by atoms with Crippen molar-refractivity contribution in [2.45, 2.75) is 58.3 Å². The van der Waals surface area contributed by atoms with Gasteiger partial charge in [-0.05, 0) is 50.3 Å². The molecular weight excluding hydrogens is 484 g/mol. The first-order valence-electron chi connectivity index (χ1n) is 12.2. The summed E-state index contributed by atoms with van der Waals surface area (Å²) in [5, 5.41) is 19.9. The fourth-order valence-electron chi connectivity index (χ4n) is 5.46. The van der Waals surface area contributed by atoms with Crippen LogP contribution in [0.25, 0.3) is 0 Å². The van der Waals surface area contributed by atoms with Gasteiger partial charge in [0.25, 0.3) is 0 Å². The van der Waals surface area contributed by atoms with Crippen LogP contribution in [0.5, 0.6) is 0 Å². The number of aliphatic hydroxyl groups excluding tert-OH is 2. The molecule has 0 aromatic rings. The summed E-state index contributed by atoms with van der Waals surface area (Å²) < 4.78 is 21.7. The second kappa shape index (κ2) is 11.4. The van der Waals surface area contributed by atoms with Gasteiger partial charge < -0.3 is 29.2 Å². The van der Waals surface area contributed by atoms with Gasteiger partial charge in [0, 0.05) is 18.4 Å². The Morgan fingerprint density at radius 1 is 1.19 bits per heavy atom. The van der Waals surface area contributed by atoms with Gasteiger partial charge in [0.15, 0.2) is 0 Å². The third kappa shape index (κ3) is 5.70. The molecule has 0 aromatic carbocycles. The average Bonchev–Trinajstić information content (AvgIpc) is 3.08. The molecule has 1 aliphatic heterocycles. The molecule has 2 aliphatic carbocycles. The standard InChI is InChI=1S/C27H34O10/c1-6-18(12-34-17(5)29)25(32)35-13-19(7-8-28)26(33)36-22-9-14(2)20-10-21(30)15(3)11-27(20)23(22)16(4)24(31)37-27/h6-7,11,14,20-23,28,30H,4,8-10,12-13H2,1-3,5H3. The van der Waals surface area contributed by atoms with Gasteiger partial charge in [-0.3, -0.25) is 4.79 Å². The summed E-state index contributed by atoms with van der Waals surface area (Å²) in [5.74, 6) is -3.64. The summed E-state index contributed by atoms with van der Waals surface area (Å²) in [6.07, 6.45) is 3.75. The van der Waals surface area contributed by atoms with Crippen molar-refractivity contribution in [1.29, 1.82) is 0 Å². The van der Waals surface area contributed by atoms with E-state index in [0.29, 0.717) is 18.4 Å². The second-order valence-electron chi connectivity index (χ2n) is 9.73. The van der Waals surface area contributed by atoms with Gasteiger partial charge in [-0.15, -0.1) is 0 Å². The lowest BCUT2D eigenvalue weighted by Crippen LogP contribution is -2.57. The largest absolute Gasteiger partial charge is 0.461 e. The van der Waals surface area contributed by atoms with Crippen LogP contribution in [0, 0.1) is 17.8 Å². The minimum atomic E-state index is -1.08. The minimum absolute atomic E-state index is 0.0617. The van der Waals surface area contributed by atoms with Crippen molar-refractivity contribution in [3.63, 3.8) is 0 Å². The van der Waals surface area contributed by atoms with E-state index in [1.54, 1.807) is 19.9 Å². The summed E-state index contributed by atoms with van der Waals surface area (Å²) >= 11 is 0. The predicted octanol–water partition coefficient (Wildman–Crippen LogP) is 1.70. The van der Waals surface area contributed by atoms with Crippen LogP contribution in [0.2, 0.25) is 0 Å². The highest BCUT2D eigenvalue weighted by Crippen LogP contribution is 2.56. The van der Waals surface area contributed by atoms with E-state index in [-0.39, 0.29) is 35.2 Å². The zero-order valence-corrected chi connectivity index (χ0v) is 21.5. The molecule has 10 nitrogen and oxygen atoms in total. The first kappa shape index (κ1) is 28.3. The fraction of sp³-hybridized carbons (Fsp3) is 0.556. The Hall–Kier alpha value is -3.24. The van der Waals surface area contributed by atoms with Crippen LogP contribution in [0.15, 0.2) is 47.1 Å². The molecule has 37 heavy (non-hydrogen) atoms. The lowest BCUT2D eigenvalue weighted by atomic mass is 9.57. The highest BCUT2D eigenvalue weighted by molar-refractivity contribution is 5.93. The molecule has 0 aromatic heterocycles. The van der Waals surface area contributed by atoms with Crippen LogP contribution < -0.4 is 0 Å². The first-order valence-corrected chi connectivity index (χ1v) is 12.2. The maximum atomic E-state index is 13.1. The van der Waals surface area contributed by atoms with Gasteiger partial charge in [-0.1, -0.05) is 19.6 Å². The number of aliphatic hydroxyl groups is 2. The third-order valence-corrected chi connectivity index (χ3v) is 7.35. The van der Waals surface area contributed by atoms with Crippen molar-refractivity contribution in [2.75, 3.05) is 19.8 Å². The molecule has 2 fully saturated rings. The van der Waals surface area contributed by atoms with Crippen LogP contribution in [0.4, 0.5) is 0 Å². The van der Waals surface area contributed by atoms with E-state index < -0.39 is 60.8 Å². The lowest BCUT2D eigenvalue weighted by Gasteiger charge is -2.51. The molecule has 1 heterocycles. The van der Waals surface area contributed by atoms with E-state index in [1.165, 1.54) is 19.1 Å². The monoisotopic (exact) mass is 518 g/mol. The van der Waals surface area contributed by atoms with Crippen molar-refractivity contribution < 1.29 is 48.3 Å². The summed E-state index contributed by atoms with van der Waals surface area (Å²) in [6.45, 7) is 9.13. The topological polar surface area (TPSA) is 146 Å². The minimum Gasteiger partial charge on any atom is -0.461 e. The van der Waals surface area contributed by atoms with Crippen LogP contribution in [-0.4, -0.2) is 71.7 Å². The molecule has 3 aliphatic rings. The number of esters is 4. The smallest absolute Gasteiger partial charge is 0.337 e. The quantitative estimate of drug-likeness (QED) is 0.211. The van der Waals surface area contributed by atoms with Crippen molar-refractivity contribution in [3.8, 4) is 0 Å². The molecule has 0 bridgehead atoms. The molecule has 202 valence electrons. The molecule has 0 amide bonds. The number of hydrogen-bond acceptors (Lipinski definition) is 10. The van der Waals surface area contributed by atoms with E-state index in [2.05, 4.69) is 6.58 Å². The molecule has 6 unspecified atom stereocenters. The Bertz CT molecular complexity index is 1070. The van der Waals surface area contributed by atoms with Crippen LogP contribution in [0.1, 0.15) is 40.5 Å². The molecular formula is C27H34O10. The van der Waals surface area contributed by atoms with Crippen molar-refractivity contribution in [2.24, 2.45) is 17.8 Å². The maximum absolute atomic E-state index is 13.1. The summed E-state index contributed by atoms with van der Waals surface area (Å²) in [4.78, 5) is 49.2. The Morgan fingerprint density at radius 3 is 2.49 bits per heavy atom. The average molecular weight is 519 g/mol. The Labute approximate surface area is 215 Å². The number of carbonyl (C=O) groups excluding carboxylic acids is 4. The Balaban J connectivity index is 1.78. The highest BCUT2D eigenvalue weighted by atomic mass is 16.6. The Kier molecular flexibility index (Phi) is 8.76. The zero-order valence-electron chi connectivity index (χ0n) is 21.5. The molecule has 3 rings (SSSR count). The predicted molar refractivity (Wildman–Crippen MR) is 130 cm³/mol. The molecule has 0 radical (unpaired) electrons. The fourth-order valence-corrected chi connectivity index (χ4v) is 5.46. The highest BCUT2D eigenvalue weighted by Gasteiger charge is 2.64. The summed E-state index contributed by atoms with van der Waals surface area (Å²) in [7, 11) is 0. The number of rotatable bonds is 8. The SMILES string of the molecule is C=C1C(=O)OC23C=C(C)C(O)CC2C(C)CC(OC(=O)C(=CCO)COC(=O)C(=CC)COC(C)=O)C13. The number of allylic oxidation sites excluding steroid dienone is 1. The summed E-state index contributed by atoms with van der Waals surface area (Å²) in [5.41, 5.74) is -0.225. The van der Waals surface area contributed by atoms with E-state index in [9.17, 15) is 29.4 Å². The van der Waals surface area contributed by atoms with Crippen molar-refractivity contribution >= 4 is 23.9 Å². The number of hydrogen-bond donors (Lipinski definition) is 2. The summed E-state index contributed by atoms with van der Waals surface area (Å²) in [6, 6.07) is 0. The van der Waals surface area contributed by atoms with Crippen LogP contribution >= 0.6 is 0 Å². The van der Waals surface area contributed by atoms with Gasteiger partial charge in [0.05, 0.1) is 29.8 Å². The molecule has 1 saturated heterocycles. The van der Waals surface area contributed by atoms with E-state index in [0.717, 1.165) is 0 Å². The van der Waals surface area contributed by atoms with Crippen molar-refractivity contribution in [1.82, 2.24) is 0 Å². The Morgan fingerprint density at radius 2 is 1.86 bits per heavy atom.